The van der Waals surface area contributed by atoms with Crippen LogP contribution in [0.25, 0.3) is 10.9 Å². The Kier molecular flexibility index (Phi) is 4.29. The van der Waals surface area contributed by atoms with Crippen molar-refractivity contribution in [2.75, 3.05) is 0 Å². The summed E-state index contributed by atoms with van der Waals surface area (Å²) in [6.45, 7) is 7.06. The highest BCUT2D eigenvalue weighted by Gasteiger charge is 2.21. The van der Waals surface area contributed by atoms with Gasteiger partial charge in [-0.1, -0.05) is 18.2 Å². The number of nitrogens with one attached hydrogen (secondary N) is 1. The van der Waals surface area contributed by atoms with Crippen molar-refractivity contribution in [3.63, 3.8) is 0 Å². The van der Waals surface area contributed by atoms with Gasteiger partial charge in [-0.25, -0.2) is 0 Å². The minimum absolute atomic E-state index is 0.000344. The van der Waals surface area contributed by atoms with Crippen LogP contribution < -0.4 is 0 Å². The second-order valence-corrected chi connectivity index (χ2v) is 6.73. The van der Waals surface area contributed by atoms with Gasteiger partial charge in [0.05, 0.1) is 0 Å². The Hall–Kier alpha value is -2.75. The number of carbonyl (C=O) groups excluding carboxylic acids is 1. The van der Waals surface area contributed by atoms with Gasteiger partial charge in [0.1, 0.15) is 17.3 Å². The Bertz CT molecular complexity index is 983. The van der Waals surface area contributed by atoms with E-state index < -0.39 is 0 Å². The summed E-state index contributed by atoms with van der Waals surface area (Å²) < 4.78 is 0. The van der Waals surface area contributed by atoms with Crippen molar-refractivity contribution in [1.82, 2.24) is 4.98 Å². The second kappa shape index (κ2) is 6.28. The van der Waals surface area contributed by atoms with Crippen molar-refractivity contribution < 1.29 is 15.0 Å². The Labute approximate surface area is 147 Å². The van der Waals surface area contributed by atoms with Crippen LogP contribution in [0.4, 0.5) is 0 Å². The lowest BCUT2D eigenvalue weighted by Crippen LogP contribution is -2.07. The number of aryl methyl sites for hydroxylation is 1. The first-order valence-electron chi connectivity index (χ1n) is 8.39. The lowest BCUT2D eigenvalue weighted by atomic mass is 9.90. The predicted molar refractivity (Wildman–Crippen MR) is 99.5 cm³/mol. The lowest BCUT2D eigenvalue weighted by Gasteiger charge is -2.18. The van der Waals surface area contributed by atoms with Crippen LogP contribution in [0.5, 0.6) is 11.5 Å². The van der Waals surface area contributed by atoms with Crippen LogP contribution in [0.2, 0.25) is 0 Å². The van der Waals surface area contributed by atoms with Crippen LogP contribution in [0.3, 0.4) is 0 Å². The first kappa shape index (κ1) is 17.1. The van der Waals surface area contributed by atoms with Crippen LogP contribution in [0.1, 0.15) is 40.4 Å². The number of ketones is 1. The molecule has 0 saturated carbocycles. The summed E-state index contributed by atoms with van der Waals surface area (Å²) in [5.41, 5.74) is 5.72. The third-order valence-corrected chi connectivity index (χ3v) is 5.02. The molecular formula is C21H23NO3. The molecule has 4 heteroatoms. The van der Waals surface area contributed by atoms with E-state index in [0.29, 0.717) is 28.7 Å². The molecular weight excluding hydrogens is 314 g/mol. The van der Waals surface area contributed by atoms with Crippen molar-refractivity contribution in [1.29, 1.82) is 0 Å². The van der Waals surface area contributed by atoms with E-state index in [-0.39, 0.29) is 23.7 Å². The highest BCUT2D eigenvalue weighted by Crippen LogP contribution is 2.39. The molecule has 0 fully saturated rings. The van der Waals surface area contributed by atoms with E-state index in [9.17, 15) is 15.0 Å². The van der Waals surface area contributed by atoms with Crippen LogP contribution in [0.15, 0.2) is 24.3 Å². The number of aromatic amines is 1. The average Bonchev–Trinajstić information content (AvgIpc) is 2.90. The smallest absolute Gasteiger partial charge is 0.134 e. The zero-order valence-electron chi connectivity index (χ0n) is 15.0. The molecule has 3 rings (SSSR count). The van der Waals surface area contributed by atoms with Gasteiger partial charge in [-0.05, 0) is 50.5 Å². The summed E-state index contributed by atoms with van der Waals surface area (Å²) in [5, 5.41) is 22.0. The molecule has 2 aromatic carbocycles. The number of aromatic nitrogens is 1. The number of carbonyl (C=O) groups is 1. The fourth-order valence-corrected chi connectivity index (χ4v) is 3.50. The molecule has 0 unspecified atom stereocenters. The predicted octanol–water partition coefficient (Wildman–Crippen LogP) is 4.23. The molecule has 0 radical (unpaired) electrons. The number of Topliss-reactive ketones (excluding diaryl/α,β-unsaturated/α-hetero) is 1. The highest BCUT2D eigenvalue weighted by atomic mass is 16.3. The number of hydrogen-bond acceptors (Lipinski definition) is 3. The van der Waals surface area contributed by atoms with Crippen LogP contribution in [-0.2, 0) is 17.6 Å². The molecule has 0 amide bonds. The number of rotatable bonds is 4. The monoisotopic (exact) mass is 337 g/mol. The maximum absolute atomic E-state index is 11.7. The number of phenolic OH excluding ortho intramolecular Hbond substituents is 2. The maximum Gasteiger partial charge on any atom is 0.134 e. The lowest BCUT2D eigenvalue weighted by molar-refractivity contribution is -0.116. The van der Waals surface area contributed by atoms with Gasteiger partial charge in [0, 0.05) is 40.6 Å². The summed E-state index contributed by atoms with van der Waals surface area (Å²) in [6.07, 6.45) is 0.679. The van der Waals surface area contributed by atoms with Gasteiger partial charge < -0.3 is 15.2 Å². The molecule has 0 bridgehead atoms. The number of benzene rings is 2. The molecule has 25 heavy (non-hydrogen) atoms. The van der Waals surface area contributed by atoms with Gasteiger partial charge in [0.25, 0.3) is 0 Å². The molecule has 0 atom stereocenters. The number of hydrogen-bond donors (Lipinski definition) is 3. The fraction of sp³-hybridized carbons (Fsp3) is 0.286. The largest absolute Gasteiger partial charge is 0.507 e. The molecule has 4 nitrogen and oxygen atoms in total. The Morgan fingerprint density at radius 1 is 0.960 bits per heavy atom. The molecule has 0 saturated heterocycles. The molecule has 3 aromatic rings. The molecule has 0 aliphatic heterocycles. The molecule has 1 aromatic heterocycles. The maximum atomic E-state index is 11.7. The van der Waals surface area contributed by atoms with E-state index in [1.807, 2.05) is 18.2 Å². The first-order valence-corrected chi connectivity index (χ1v) is 8.39. The van der Waals surface area contributed by atoms with Crippen LogP contribution >= 0.6 is 0 Å². The van der Waals surface area contributed by atoms with Crippen LogP contribution in [0, 0.1) is 20.8 Å². The number of para-hydroxylation sites is 1. The van der Waals surface area contributed by atoms with Gasteiger partial charge in [-0.3, -0.25) is 4.79 Å². The molecule has 0 aliphatic carbocycles. The average molecular weight is 337 g/mol. The standard InChI is InChI=1S/C21H23NO3/c1-11(23)9-16-13(3)20(24)14(4)21(25)17(16)10-19-12(2)15-7-5-6-8-18(15)22-19/h5-8,22,24-25H,9-10H2,1-4H3. The summed E-state index contributed by atoms with van der Waals surface area (Å²) in [6, 6.07) is 8.07. The molecule has 0 aliphatic rings. The van der Waals surface area contributed by atoms with E-state index in [2.05, 4.69) is 18.0 Å². The van der Waals surface area contributed by atoms with Crippen molar-refractivity contribution in [2.45, 2.75) is 40.5 Å². The van der Waals surface area contributed by atoms with Crippen molar-refractivity contribution in [3.8, 4) is 11.5 Å². The normalized spacial score (nSPS) is 11.2. The summed E-state index contributed by atoms with van der Waals surface area (Å²) in [4.78, 5) is 15.1. The molecule has 1 heterocycles. The second-order valence-electron chi connectivity index (χ2n) is 6.73. The van der Waals surface area contributed by atoms with Crippen molar-refractivity contribution in [2.24, 2.45) is 0 Å². The van der Waals surface area contributed by atoms with Crippen LogP contribution in [-0.4, -0.2) is 21.0 Å². The zero-order valence-corrected chi connectivity index (χ0v) is 15.0. The Morgan fingerprint density at radius 3 is 2.28 bits per heavy atom. The quantitative estimate of drug-likeness (QED) is 0.667. The third kappa shape index (κ3) is 2.88. The van der Waals surface area contributed by atoms with E-state index in [4.69, 9.17) is 0 Å². The van der Waals surface area contributed by atoms with E-state index >= 15 is 0 Å². The number of H-pyrrole nitrogens is 1. The van der Waals surface area contributed by atoms with E-state index in [1.165, 1.54) is 6.92 Å². The topological polar surface area (TPSA) is 73.3 Å². The van der Waals surface area contributed by atoms with Gasteiger partial charge in [0.2, 0.25) is 0 Å². The minimum Gasteiger partial charge on any atom is -0.507 e. The Morgan fingerprint density at radius 2 is 1.64 bits per heavy atom. The summed E-state index contributed by atoms with van der Waals surface area (Å²) >= 11 is 0. The Balaban J connectivity index is 2.18. The van der Waals surface area contributed by atoms with Gasteiger partial charge in [-0.15, -0.1) is 0 Å². The number of fused-ring (bicyclic) bond motifs is 1. The molecule has 3 N–H and O–H groups in total. The molecule has 130 valence electrons. The van der Waals surface area contributed by atoms with E-state index in [1.54, 1.807) is 13.8 Å². The first-order chi connectivity index (χ1) is 11.8. The third-order valence-electron chi connectivity index (χ3n) is 5.02. The van der Waals surface area contributed by atoms with Gasteiger partial charge in [0.15, 0.2) is 0 Å². The summed E-state index contributed by atoms with van der Waals surface area (Å²) in [7, 11) is 0. The van der Waals surface area contributed by atoms with Gasteiger partial charge >= 0.3 is 0 Å². The minimum atomic E-state index is 0.000344. The van der Waals surface area contributed by atoms with Gasteiger partial charge in [-0.2, -0.15) is 0 Å². The highest BCUT2D eigenvalue weighted by molar-refractivity contribution is 5.85. The number of aromatic hydroxyl groups is 2. The van der Waals surface area contributed by atoms with E-state index in [0.717, 1.165) is 22.2 Å². The molecule has 0 spiro atoms. The summed E-state index contributed by atoms with van der Waals surface area (Å²) in [5.74, 6) is 0.128. The SMILES string of the molecule is CC(=O)Cc1c(C)c(O)c(C)c(O)c1Cc1[nH]c2ccccc2c1C. The zero-order chi connectivity index (χ0) is 18.3. The van der Waals surface area contributed by atoms with Crippen molar-refractivity contribution >= 4 is 16.7 Å². The fourth-order valence-electron chi connectivity index (χ4n) is 3.50. The van der Waals surface area contributed by atoms with Crippen molar-refractivity contribution in [3.05, 3.63) is 57.8 Å². The number of phenols is 2.